The van der Waals surface area contributed by atoms with E-state index in [0.29, 0.717) is 13.1 Å². The van der Waals surface area contributed by atoms with Crippen LogP contribution in [0.3, 0.4) is 0 Å². The molecule has 0 spiro atoms. The van der Waals surface area contributed by atoms with Crippen LogP contribution < -0.4 is 5.32 Å². The number of hydrogen-bond donors (Lipinski definition) is 1. The van der Waals surface area contributed by atoms with Crippen LogP contribution in [0.5, 0.6) is 0 Å². The summed E-state index contributed by atoms with van der Waals surface area (Å²) < 4.78 is 39.9. The molecule has 0 saturated carbocycles. The van der Waals surface area contributed by atoms with Gasteiger partial charge in [0.1, 0.15) is 5.82 Å². The van der Waals surface area contributed by atoms with Crippen molar-refractivity contribution in [3.05, 3.63) is 52.5 Å². The molecule has 6 nitrogen and oxygen atoms in total. The number of hydrogen-bond acceptors (Lipinski definition) is 5. The number of carbonyl (C=O) groups excluding carboxylic acids is 1. The number of nitrogens with zero attached hydrogens (tertiary/aromatic N) is 2. The van der Waals surface area contributed by atoms with E-state index in [9.17, 15) is 17.6 Å². The third-order valence-electron chi connectivity index (χ3n) is 4.48. The summed E-state index contributed by atoms with van der Waals surface area (Å²) in [6.07, 6.45) is 0. The Labute approximate surface area is 162 Å². The number of amides is 1. The second kappa shape index (κ2) is 8.47. The van der Waals surface area contributed by atoms with E-state index in [2.05, 4.69) is 5.32 Å². The molecule has 1 aliphatic rings. The van der Waals surface area contributed by atoms with Crippen LogP contribution in [-0.4, -0.2) is 56.3 Å². The Balaban J connectivity index is 1.52. The molecule has 0 radical (unpaired) electrons. The molecule has 0 aliphatic carbocycles. The normalized spacial score (nSPS) is 17.6. The highest BCUT2D eigenvalue weighted by molar-refractivity contribution is 7.89. The van der Waals surface area contributed by atoms with Crippen molar-refractivity contribution >= 4 is 27.3 Å². The Hall–Kier alpha value is -1.81. The highest BCUT2D eigenvalue weighted by Gasteiger charge is 2.29. The average Bonchev–Trinajstić information content (AvgIpc) is 3.17. The Kier molecular flexibility index (Phi) is 6.25. The van der Waals surface area contributed by atoms with Crippen LogP contribution in [0, 0.1) is 5.82 Å². The molecule has 3 rings (SSSR count). The predicted molar refractivity (Wildman–Crippen MR) is 102 cm³/mol. The van der Waals surface area contributed by atoms with Crippen molar-refractivity contribution in [2.45, 2.75) is 17.9 Å². The van der Waals surface area contributed by atoms with Gasteiger partial charge in [0, 0.05) is 31.1 Å². The van der Waals surface area contributed by atoms with E-state index in [1.807, 2.05) is 29.3 Å². The standard InChI is InChI=1S/C18H22FN3O3S2/c1-14(17-6-3-11-26-17)20-18(23)13-21-7-9-22(10-8-21)27(24,25)16-5-2-4-15(19)12-16/h2-6,11-12,14H,7-10,13H2,1H3,(H,20,23)/t14-/m0/s1. The minimum atomic E-state index is -3.72. The number of carbonyl (C=O) groups is 1. The summed E-state index contributed by atoms with van der Waals surface area (Å²) in [7, 11) is -3.72. The van der Waals surface area contributed by atoms with E-state index in [4.69, 9.17) is 0 Å². The van der Waals surface area contributed by atoms with Gasteiger partial charge in [-0.05, 0) is 36.6 Å². The van der Waals surface area contributed by atoms with Crippen LogP contribution >= 0.6 is 11.3 Å². The topological polar surface area (TPSA) is 69.7 Å². The van der Waals surface area contributed by atoms with Crippen molar-refractivity contribution in [1.82, 2.24) is 14.5 Å². The summed E-state index contributed by atoms with van der Waals surface area (Å²) in [5, 5.41) is 4.93. The van der Waals surface area contributed by atoms with Crippen LogP contribution in [0.4, 0.5) is 4.39 Å². The van der Waals surface area contributed by atoms with Gasteiger partial charge in [0.05, 0.1) is 17.5 Å². The number of nitrogens with one attached hydrogen (secondary N) is 1. The van der Waals surface area contributed by atoms with Gasteiger partial charge in [0.25, 0.3) is 0 Å². The fraction of sp³-hybridized carbons (Fsp3) is 0.389. The van der Waals surface area contributed by atoms with Gasteiger partial charge in [0.15, 0.2) is 0 Å². The summed E-state index contributed by atoms with van der Waals surface area (Å²) in [5.74, 6) is -0.663. The van der Waals surface area contributed by atoms with Gasteiger partial charge in [-0.25, -0.2) is 12.8 Å². The SMILES string of the molecule is C[C@H](NC(=O)CN1CCN(S(=O)(=O)c2cccc(F)c2)CC1)c1cccs1. The Morgan fingerprint density at radius 3 is 2.59 bits per heavy atom. The molecule has 2 aromatic rings. The molecule has 9 heteroatoms. The van der Waals surface area contributed by atoms with Crippen molar-refractivity contribution in [1.29, 1.82) is 0 Å². The third kappa shape index (κ3) is 4.92. The molecule has 1 aromatic heterocycles. The fourth-order valence-corrected chi connectivity index (χ4v) is 5.19. The van der Waals surface area contributed by atoms with Gasteiger partial charge >= 0.3 is 0 Å². The lowest BCUT2D eigenvalue weighted by Gasteiger charge is -2.33. The fourth-order valence-electron chi connectivity index (χ4n) is 3.00. The molecule has 1 N–H and O–H groups in total. The molecule has 1 amide bonds. The Morgan fingerprint density at radius 2 is 1.96 bits per heavy atom. The van der Waals surface area contributed by atoms with Crippen molar-refractivity contribution in [2.24, 2.45) is 0 Å². The molecule has 27 heavy (non-hydrogen) atoms. The van der Waals surface area contributed by atoms with E-state index in [-0.39, 0.29) is 36.5 Å². The maximum Gasteiger partial charge on any atom is 0.243 e. The minimum absolute atomic E-state index is 0.0431. The highest BCUT2D eigenvalue weighted by atomic mass is 32.2. The van der Waals surface area contributed by atoms with Crippen molar-refractivity contribution in [3.8, 4) is 0 Å². The second-order valence-corrected chi connectivity index (χ2v) is 9.36. The van der Waals surface area contributed by atoms with Gasteiger partial charge in [-0.3, -0.25) is 9.69 Å². The van der Waals surface area contributed by atoms with E-state index in [1.54, 1.807) is 11.3 Å². The van der Waals surface area contributed by atoms with Crippen LogP contribution in [0.2, 0.25) is 0 Å². The summed E-state index contributed by atoms with van der Waals surface area (Å²) in [4.78, 5) is 15.2. The lowest BCUT2D eigenvalue weighted by atomic mass is 10.2. The molecule has 1 aromatic carbocycles. The number of piperazine rings is 1. The molecule has 1 saturated heterocycles. The first-order valence-electron chi connectivity index (χ1n) is 8.67. The Bertz CT molecular complexity index is 879. The molecule has 1 aliphatic heterocycles. The highest BCUT2D eigenvalue weighted by Crippen LogP contribution is 2.19. The first kappa shape index (κ1) is 19.9. The zero-order chi connectivity index (χ0) is 19.4. The van der Waals surface area contributed by atoms with Gasteiger partial charge < -0.3 is 5.32 Å². The van der Waals surface area contributed by atoms with E-state index >= 15 is 0 Å². The first-order chi connectivity index (χ1) is 12.9. The molecule has 2 heterocycles. The monoisotopic (exact) mass is 411 g/mol. The van der Waals surface area contributed by atoms with Crippen molar-refractivity contribution in [2.75, 3.05) is 32.7 Å². The minimum Gasteiger partial charge on any atom is -0.348 e. The van der Waals surface area contributed by atoms with E-state index in [1.165, 1.54) is 22.5 Å². The number of thiophene rings is 1. The molecule has 1 fully saturated rings. The molecular weight excluding hydrogens is 389 g/mol. The van der Waals surface area contributed by atoms with Gasteiger partial charge in [-0.15, -0.1) is 11.3 Å². The summed E-state index contributed by atoms with van der Waals surface area (Å²) in [6, 6.07) is 8.90. The largest absolute Gasteiger partial charge is 0.348 e. The average molecular weight is 412 g/mol. The molecule has 146 valence electrons. The number of halogens is 1. The zero-order valence-corrected chi connectivity index (χ0v) is 16.6. The molecule has 0 bridgehead atoms. The summed E-state index contributed by atoms with van der Waals surface area (Å²) in [5.41, 5.74) is 0. The zero-order valence-electron chi connectivity index (χ0n) is 15.0. The van der Waals surface area contributed by atoms with E-state index < -0.39 is 15.8 Å². The second-order valence-electron chi connectivity index (χ2n) is 6.44. The lowest BCUT2D eigenvalue weighted by Crippen LogP contribution is -2.51. The number of sulfonamides is 1. The maximum absolute atomic E-state index is 13.3. The van der Waals surface area contributed by atoms with Gasteiger partial charge in [-0.1, -0.05) is 12.1 Å². The van der Waals surface area contributed by atoms with Crippen molar-refractivity contribution in [3.63, 3.8) is 0 Å². The van der Waals surface area contributed by atoms with Crippen LogP contribution in [-0.2, 0) is 14.8 Å². The Morgan fingerprint density at radius 1 is 1.22 bits per heavy atom. The molecule has 1 atom stereocenters. The quantitative estimate of drug-likeness (QED) is 0.790. The predicted octanol–water partition coefficient (Wildman–Crippen LogP) is 2.07. The number of rotatable bonds is 6. The summed E-state index contributed by atoms with van der Waals surface area (Å²) in [6.45, 7) is 3.61. The van der Waals surface area contributed by atoms with E-state index in [0.717, 1.165) is 10.9 Å². The van der Waals surface area contributed by atoms with Crippen molar-refractivity contribution < 1.29 is 17.6 Å². The molecular formula is C18H22FN3O3S2. The van der Waals surface area contributed by atoms with Crippen LogP contribution in [0.25, 0.3) is 0 Å². The number of benzene rings is 1. The first-order valence-corrected chi connectivity index (χ1v) is 11.0. The van der Waals surface area contributed by atoms with Crippen LogP contribution in [0.15, 0.2) is 46.7 Å². The lowest BCUT2D eigenvalue weighted by molar-refractivity contribution is -0.123. The third-order valence-corrected chi connectivity index (χ3v) is 7.43. The van der Waals surface area contributed by atoms with Gasteiger partial charge in [0.2, 0.25) is 15.9 Å². The van der Waals surface area contributed by atoms with Crippen LogP contribution in [0.1, 0.15) is 17.8 Å². The maximum atomic E-state index is 13.3. The molecule has 0 unspecified atom stereocenters. The smallest absolute Gasteiger partial charge is 0.243 e. The van der Waals surface area contributed by atoms with Gasteiger partial charge in [-0.2, -0.15) is 4.31 Å². The summed E-state index contributed by atoms with van der Waals surface area (Å²) >= 11 is 1.59.